The molecular formula is C13H15NO3. The number of carbonyl (C=O) groups is 2. The highest BCUT2D eigenvalue weighted by atomic mass is 16.3. The number of aliphatic hydroxyl groups excluding tert-OH is 1. The van der Waals surface area contributed by atoms with Crippen LogP contribution in [0.2, 0.25) is 0 Å². The number of rotatable bonds is 4. The molecule has 0 atom stereocenters. The molecule has 1 amide bonds. The summed E-state index contributed by atoms with van der Waals surface area (Å²) < 4.78 is 0. The van der Waals surface area contributed by atoms with Crippen molar-refractivity contribution in [3.63, 3.8) is 0 Å². The molecule has 0 unspecified atom stereocenters. The monoisotopic (exact) mass is 233 g/mol. The number of Topliss-reactive ketones (excluding diaryl/α,β-unsaturated/α-hetero) is 1. The van der Waals surface area contributed by atoms with E-state index < -0.39 is 5.91 Å². The average molecular weight is 233 g/mol. The normalized spacial score (nSPS) is 11.6. The van der Waals surface area contributed by atoms with Gasteiger partial charge in [0.15, 0.2) is 5.78 Å². The number of nitrogens with one attached hydrogen (secondary N) is 1. The fourth-order valence-electron chi connectivity index (χ4n) is 1.18. The van der Waals surface area contributed by atoms with Gasteiger partial charge in [-0.3, -0.25) is 9.59 Å². The summed E-state index contributed by atoms with van der Waals surface area (Å²) in [5.74, 6) is -0.647. The summed E-state index contributed by atoms with van der Waals surface area (Å²) in [5, 5.41) is 11.6. The Hall–Kier alpha value is -2.10. The minimum atomic E-state index is -0.436. The van der Waals surface area contributed by atoms with Crippen LogP contribution in [-0.2, 0) is 4.79 Å². The van der Waals surface area contributed by atoms with Crippen molar-refractivity contribution in [2.75, 3.05) is 6.54 Å². The quantitative estimate of drug-likeness (QED) is 0.473. The van der Waals surface area contributed by atoms with Gasteiger partial charge >= 0.3 is 0 Å². The van der Waals surface area contributed by atoms with Crippen molar-refractivity contribution < 1.29 is 14.7 Å². The van der Waals surface area contributed by atoms with Crippen LogP contribution in [-0.4, -0.2) is 23.3 Å². The molecule has 0 saturated carbocycles. The Morgan fingerprint density at radius 3 is 2.29 bits per heavy atom. The highest BCUT2D eigenvalue weighted by Gasteiger charge is 2.10. The molecule has 0 fully saturated rings. The molecule has 1 aromatic carbocycles. The van der Waals surface area contributed by atoms with Crippen molar-refractivity contribution in [1.29, 1.82) is 0 Å². The number of hydrogen-bond donors (Lipinski definition) is 2. The van der Waals surface area contributed by atoms with Crippen LogP contribution >= 0.6 is 0 Å². The van der Waals surface area contributed by atoms with E-state index in [2.05, 4.69) is 5.32 Å². The van der Waals surface area contributed by atoms with E-state index in [0.29, 0.717) is 5.56 Å². The molecule has 0 heterocycles. The van der Waals surface area contributed by atoms with Gasteiger partial charge in [-0.15, -0.1) is 0 Å². The molecule has 17 heavy (non-hydrogen) atoms. The minimum Gasteiger partial charge on any atom is -0.512 e. The third-order valence-electron chi connectivity index (χ3n) is 2.39. The van der Waals surface area contributed by atoms with Gasteiger partial charge in [0.05, 0.1) is 17.9 Å². The second-order valence-electron chi connectivity index (χ2n) is 3.68. The SMILES string of the molecule is C/C(O)=C(\C)C(=O)NCC(=O)c1ccccc1. The molecule has 90 valence electrons. The zero-order valence-corrected chi connectivity index (χ0v) is 9.86. The molecule has 4 heteroatoms. The Labute approximate surface area is 100.0 Å². The molecule has 0 aliphatic heterocycles. The number of hydrogen-bond acceptors (Lipinski definition) is 3. The smallest absolute Gasteiger partial charge is 0.250 e. The van der Waals surface area contributed by atoms with E-state index in [9.17, 15) is 9.59 Å². The van der Waals surface area contributed by atoms with Crippen molar-refractivity contribution in [3.8, 4) is 0 Å². The standard InChI is InChI=1S/C13H15NO3/c1-9(10(2)15)13(17)14-8-12(16)11-6-4-3-5-7-11/h3-7,15H,8H2,1-2H3,(H,14,17)/b10-9-. The summed E-state index contributed by atoms with van der Waals surface area (Å²) in [4.78, 5) is 23.1. The van der Waals surface area contributed by atoms with Crippen LogP contribution in [0.3, 0.4) is 0 Å². The van der Waals surface area contributed by atoms with E-state index in [0.717, 1.165) is 0 Å². The second kappa shape index (κ2) is 5.84. The van der Waals surface area contributed by atoms with Crippen molar-refractivity contribution in [2.45, 2.75) is 13.8 Å². The van der Waals surface area contributed by atoms with Crippen molar-refractivity contribution in [2.24, 2.45) is 0 Å². The molecule has 0 aromatic heterocycles. The lowest BCUT2D eigenvalue weighted by Crippen LogP contribution is -2.30. The zero-order chi connectivity index (χ0) is 12.8. The maximum Gasteiger partial charge on any atom is 0.250 e. The molecule has 1 aromatic rings. The molecule has 2 N–H and O–H groups in total. The average Bonchev–Trinajstić information content (AvgIpc) is 2.35. The first kappa shape index (κ1) is 13.0. The van der Waals surface area contributed by atoms with Crippen LogP contribution in [0, 0.1) is 0 Å². The summed E-state index contributed by atoms with van der Waals surface area (Å²) in [6, 6.07) is 8.72. The van der Waals surface area contributed by atoms with E-state index in [1.165, 1.54) is 13.8 Å². The summed E-state index contributed by atoms with van der Waals surface area (Å²) in [5.41, 5.74) is 0.765. The summed E-state index contributed by atoms with van der Waals surface area (Å²) in [6.07, 6.45) is 0. The predicted octanol–water partition coefficient (Wildman–Crippen LogP) is 1.84. The Balaban J connectivity index is 2.56. The van der Waals surface area contributed by atoms with Gasteiger partial charge in [-0.05, 0) is 13.8 Å². The maximum absolute atomic E-state index is 11.6. The number of benzene rings is 1. The third-order valence-corrected chi connectivity index (χ3v) is 2.39. The Morgan fingerprint density at radius 1 is 1.18 bits per heavy atom. The molecular weight excluding hydrogens is 218 g/mol. The first-order chi connectivity index (χ1) is 8.02. The number of aliphatic hydroxyl groups is 1. The van der Waals surface area contributed by atoms with Gasteiger partial charge in [-0.1, -0.05) is 30.3 Å². The van der Waals surface area contributed by atoms with Crippen LogP contribution in [0.4, 0.5) is 0 Å². The molecule has 0 aliphatic carbocycles. The predicted molar refractivity (Wildman–Crippen MR) is 64.8 cm³/mol. The Bertz CT molecular complexity index is 445. The highest BCUT2D eigenvalue weighted by Crippen LogP contribution is 2.01. The molecule has 0 saturated heterocycles. The minimum absolute atomic E-state index is 0.0466. The van der Waals surface area contributed by atoms with Gasteiger partial charge in [-0.2, -0.15) is 0 Å². The molecule has 0 radical (unpaired) electrons. The third kappa shape index (κ3) is 3.75. The fourth-order valence-corrected chi connectivity index (χ4v) is 1.18. The Morgan fingerprint density at radius 2 is 1.76 bits per heavy atom. The zero-order valence-electron chi connectivity index (χ0n) is 9.86. The number of carbonyl (C=O) groups excluding carboxylic acids is 2. The largest absolute Gasteiger partial charge is 0.512 e. The first-order valence-electron chi connectivity index (χ1n) is 5.25. The van der Waals surface area contributed by atoms with Gasteiger partial charge in [-0.25, -0.2) is 0 Å². The van der Waals surface area contributed by atoms with Crippen molar-refractivity contribution in [3.05, 3.63) is 47.2 Å². The molecule has 0 bridgehead atoms. The second-order valence-corrected chi connectivity index (χ2v) is 3.68. The van der Waals surface area contributed by atoms with Crippen LogP contribution in [0.15, 0.2) is 41.7 Å². The lowest BCUT2D eigenvalue weighted by molar-refractivity contribution is -0.117. The van der Waals surface area contributed by atoms with E-state index in [4.69, 9.17) is 5.11 Å². The van der Waals surface area contributed by atoms with Crippen LogP contribution < -0.4 is 5.32 Å². The fraction of sp³-hybridized carbons (Fsp3) is 0.231. The molecule has 0 aliphatic rings. The van der Waals surface area contributed by atoms with E-state index in [1.54, 1.807) is 24.3 Å². The van der Waals surface area contributed by atoms with E-state index in [1.807, 2.05) is 6.07 Å². The van der Waals surface area contributed by atoms with Crippen LogP contribution in [0.1, 0.15) is 24.2 Å². The summed E-state index contributed by atoms with van der Waals surface area (Å²) in [6.45, 7) is 2.85. The summed E-state index contributed by atoms with van der Waals surface area (Å²) >= 11 is 0. The van der Waals surface area contributed by atoms with Gasteiger partial charge in [0.25, 0.3) is 5.91 Å². The topological polar surface area (TPSA) is 66.4 Å². The van der Waals surface area contributed by atoms with Crippen molar-refractivity contribution in [1.82, 2.24) is 5.32 Å². The first-order valence-corrected chi connectivity index (χ1v) is 5.25. The van der Waals surface area contributed by atoms with Gasteiger partial charge < -0.3 is 10.4 Å². The van der Waals surface area contributed by atoms with E-state index >= 15 is 0 Å². The molecule has 4 nitrogen and oxygen atoms in total. The maximum atomic E-state index is 11.6. The van der Waals surface area contributed by atoms with Gasteiger partial charge in [0.2, 0.25) is 0 Å². The molecule has 1 rings (SSSR count). The number of allylic oxidation sites excluding steroid dienone is 1. The highest BCUT2D eigenvalue weighted by molar-refractivity contribution is 6.01. The lowest BCUT2D eigenvalue weighted by atomic mass is 10.1. The number of ketones is 1. The number of amides is 1. The lowest BCUT2D eigenvalue weighted by Gasteiger charge is -2.05. The van der Waals surface area contributed by atoms with Gasteiger partial charge in [0, 0.05) is 5.56 Å². The van der Waals surface area contributed by atoms with Crippen LogP contribution in [0.5, 0.6) is 0 Å². The Kier molecular flexibility index (Phi) is 4.46. The van der Waals surface area contributed by atoms with Crippen molar-refractivity contribution >= 4 is 11.7 Å². The van der Waals surface area contributed by atoms with E-state index in [-0.39, 0.29) is 23.7 Å². The van der Waals surface area contributed by atoms with Crippen LogP contribution in [0.25, 0.3) is 0 Å². The summed E-state index contributed by atoms with van der Waals surface area (Å²) in [7, 11) is 0. The molecule has 0 spiro atoms. The van der Waals surface area contributed by atoms with Gasteiger partial charge in [0.1, 0.15) is 0 Å².